The molecule has 0 saturated carbocycles. The average molecular weight is 662 g/mol. The van der Waals surface area contributed by atoms with Gasteiger partial charge < -0.3 is 26.0 Å². The Morgan fingerprint density at radius 1 is 0.870 bits per heavy atom. The van der Waals surface area contributed by atoms with Crippen molar-refractivity contribution in [2.45, 2.75) is 42.7 Å². The summed E-state index contributed by atoms with van der Waals surface area (Å²) in [5.74, 6) is -1.32. The average Bonchev–Trinajstić information content (AvgIpc) is 3.47. The minimum Gasteiger partial charge on any atom is -0.444 e. The standard InChI is InChI=1S/C32H31N5O7S2/c1-32(2,3)44-31(41)34-15-14-33-27(38)19-8-10-20(11-9-19)30-36-18-22(45-30)17-35-28(39)21-12-13-26-24(16-21)37-29(40)23-6-4-5-7-25(23)46(26,42)43/h4-13,16,18H,14-15,17H2,1-3H3,(H,33,38)(H,34,41)(H,35,39)(H,37,40). The number of sulfone groups is 1. The molecule has 0 unspecified atom stereocenters. The number of carbonyl (C=O) groups excluding carboxylic acids is 4. The number of alkyl carbamates (subject to hydrolysis) is 1. The molecular formula is C32H31N5O7S2. The number of anilines is 1. The van der Waals surface area contributed by atoms with E-state index < -0.39 is 33.3 Å². The maximum absolute atomic E-state index is 13.2. The number of ether oxygens (including phenoxy) is 1. The van der Waals surface area contributed by atoms with E-state index in [-0.39, 0.29) is 52.1 Å². The van der Waals surface area contributed by atoms with Gasteiger partial charge in [0.15, 0.2) is 0 Å². The number of hydrogen-bond acceptors (Lipinski definition) is 9. The highest BCUT2D eigenvalue weighted by atomic mass is 32.2. The van der Waals surface area contributed by atoms with Crippen molar-refractivity contribution in [1.29, 1.82) is 0 Å². The second-order valence-electron chi connectivity index (χ2n) is 11.2. The molecule has 2 heterocycles. The highest BCUT2D eigenvalue weighted by Gasteiger charge is 2.31. The predicted octanol–water partition coefficient (Wildman–Crippen LogP) is 4.39. The van der Waals surface area contributed by atoms with Crippen LogP contribution in [0.5, 0.6) is 0 Å². The van der Waals surface area contributed by atoms with Gasteiger partial charge in [-0.05, 0) is 63.2 Å². The molecule has 0 spiro atoms. The third-order valence-corrected chi connectivity index (χ3v) is 9.57. The molecule has 0 saturated heterocycles. The summed E-state index contributed by atoms with van der Waals surface area (Å²) in [7, 11) is -3.97. The van der Waals surface area contributed by atoms with Gasteiger partial charge >= 0.3 is 6.09 Å². The van der Waals surface area contributed by atoms with Gasteiger partial charge in [0.25, 0.3) is 17.7 Å². The number of carbonyl (C=O) groups is 4. The molecule has 46 heavy (non-hydrogen) atoms. The van der Waals surface area contributed by atoms with E-state index >= 15 is 0 Å². The normalized spacial score (nSPS) is 13.3. The summed E-state index contributed by atoms with van der Waals surface area (Å²) in [6, 6.07) is 16.9. The van der Waals surface area contributed by atoms with Crippen molar-refractivity contribution in [3.63, 3.8) is 0 Å². The van der Waals surface area contributed by atoms with Crippen LogP contribution in [0.2, 0.25) is 0 Å². The van der Waals surface area contributed by atoms with Gasteiger partial charge in [0.05, 0.1) is 27.6 Å². The number of nitrogens with zero attached hydrogens (tertiary/aromatic N) is 1. The highest BCUT2D eigenvalue weighted by Crippen LogP contribution is 2.34. The molecule has 5 rings (SSSR count). The summed E-state index contributed by atoms with van der Waals surface area (Å²) in [6.45, 7) is 5.92. The van der Waals surface area contributed by atoms with Crippen LogP contribution in [0.4, 0.5) is 10.5 Å². The summed E-state index contributed by atoms with van der Waals surface area (Å²) in [4.78, 5) is 54.9. The lowest BCUT2D eigenvalue weighted by atomic mass is 10.1. The fourth-order valence-corrected chi connectivity index (χ4v) is 6.96. The fourth-order valence-electron chi connectivity index (χ4n) is 4.51. The summed E-state index contributed by atoms with van der Waals surface area (Å²) in [5, 5.41) is 11.4. The van der Waals surface area contributed by atoms with Gasteiger partial charge in [-0.25, -0.2) is 18.2 Å². The minimum atomic E-state index is -3.97. The molecule has 12 nitrogen and oxygen atoms in total. The van der Waals surface area contributed by atoms with Crippen LogP contribution in [0.3, 0.4) is 0 Å². The fraction of sp³-hybridized carbons (Fsp3) is 0.219. The van der Waals surface area contributed by atoms with Crippen molar-refractivity contribution >= 4 is 50.7 Å². The van der Waals surface area contributed by atoms with E-state index in [1.165, 1.54) is 41.7 Å². The lowest BCUT2D eigenvalue weighted by Crippen LogP contribution is -2.37. The van der Waals surface area contributed by atoms with Crippen LogP contribution < -0.4 is 21.3 Å². The first-order valence-electron chi connectivity index (χ1n) is 14.2. The maximum Gasteiger partial charge on any atom is 0.407 e. The third kappa shape index (κ3) is 7.41. The van der Waals surface area contributed by atoms with Crippen LogP contribution in [0.25, 0.3) is 10.6 Å². The molecule has 4 aromatic rings. The lowest BCUT2D eigenvalue weighted by molar-refractivity contribution is 0.0526. The molecule has 1 aromatic heterocycles. The summed E-state index contributed by atoms with van der Waals surface area (Å²) < 4.78 is 31.6. The molecule has 0 atom stereocenters. The number of benzene rings is 3. The van der Waals surface area contributed by atoms with Crippen molar-refractivity contribution in [3.8, 4) is 10.6 Å². The van der Waals surface area contributed by atoms with E-state index in [4.69, 9.17) is 4.74 Å². The molecule has 238 valence electrons. The van der Waals surface area contributed by atoms with Crippen molar-refractivity contribution in [2.24, 2.45) is 0 Å². The first-order valence-corrected chi connectivity index (χ1v) is 16.5. The van der Waals surface area contributed by atoms with Crippen molar-refractivity contribution in [3.05, 3.63) is 94.5 Å². The quantitative estimate of drug-likeness (QED) is 0.201. The molecule has 0 radical (unpaired) electrons. The molecule has 1 aliphatic heterocycles. The maximum atomic E-state index is 13.2. The number of hydrogen-bond donors (Lipinski definition) is 4. The summed E-state index contributed by atoms with van der Waals surface area (Å²) >= 11 is 1.36. The molecular weight excluding hydrogens is 631 g/mol. The van der Waals surface area contributed by atoms with Crippen LogP contribution in [0, 0.1) is 0 Å². The zero-order valence-corrected chi connectivity index (χ0v) is 26.8. The second kappa shape index (κ2) is 13.1. The zero-order chi connectivity index (χ0) is 33.1. The first kappa shape index (κ1) is 32.3. The van der Waals surface area contributed by atoms with E-state index in [0.717, 1.165) is 10.4 Å². The Kier molecular flexibility index (Phi) is 9.21. The largest absolute Gasteiger partial charge is 0.444 e. The van der Waals surface area contributed by atoms with E-state index in [0.29, 0.717) is 10.6 Å². The zero-order valence-electron chi connectivity index (χ0n) is 25.2. The number of aromatic nitrogens is 1. The highest BCUT2D eigenvalue weighted by molar-refractivity contribution is 7.91. The smallest absolute Gasteiger partial charge is 0.407 e. The number of nitrogens with one attached hydrogen (secondary N) is 4. The number of rotatable bonds is 8. The van der Waals surface area contributed by atoms with Crippen molar-refractivity contribution in [2.75, 3.05) is 18.4 Å². The summed E-state index contributed by atoms with van der Waals surface area (Å²) in [5.41, 5.74) is 0.873. The van der Waals surface area contributed by atoms with Gasteiger partial charge in [0, 0.05) is 40.9 Å². The van der Waals surface area contributed by atoms with Gasteiger partial charge in [-0.3, -0.25) is 14.4 Å². The Bertz CT molecular complexity index is 1930. The van der Waals surface area contributed by atoms with Crippen molar-refractivity contribution < 1.29 is 32.3 Å². The van der Waals surface area contributed by atoms with Crippen LogP contribution in [-0.4, -0.2) is 55.9 Å². The first-order chi connectivity index (χ1) is 21.8. The third-order valence-electron chi connectivity index (χ3n) is 6.65. The second-order valence-corrected chi connectivity index (χ2v) is 14.2. The molecule has 3 aromatic carbocycles. The van der Waals surface area contributed by atoms with Gasteiger partial charge in [0.2, 0.25) is 9.84 Å². The van der Waals surface area contributed by atoms with Gasteiger partial charge in [-0.1, -0.05) is 24.3 Å². The number of thiazole rings is 1. The van der Waals surface area contributed by atoms with Crippen LogP contribution in [-0.2, 0) is 21.1 Å². The molecule has 0 aliphatic carbocycles. The van der Waals surface area contributed by atoms with Gasteiger partial charge in [0.1, 0.15) is 10.6 Å². The van der Waals surface area contributed by atoms with E-state index in [1.54, 1.807) is 63.4 Å². The molecule has 4 amide bonds. The Morgan fingerprint density at radius 2 is 1.54 bits per heavy atom. The minimum absolute atomic E-state index is 0.0310. The Morgan fingerprint density at radius 3 is 2.28 bits per heavy atom. The molecule has 0 fully saturated rings. The Labute approximate surface area is 269 Å². The molecule has 0 bridgehead atoms. The molecule has 14 heteroatoms. The number of fused-ring (bicyclic) bond motifs is 2. The summed E-state index contributed by atoms with van der Waals surface area (Å²) in [6.07, 6.45) is 1.08. The Hall–Kier alpha value is -5.08. The SMILES string of the molecule is CC(C)(C)OC(=O)NCCNC(=O)c1ccc(-c2ncc(CNC(=O)c3ccc4c(c3)NC(=O)c3ccccc3S4(=O)=O)s2)cc1. The van der Waals surface area contributed by atoms with E-state index in [9.17, 15) is 27.6 Å². The van der Waals surface area contributed by atoms with Crippen LogP contribution >= 0.6 is 11.3 Å². The van der Waals surface area contributed by atoms with Gasteiger partial charge in [-0.2, -0.15) is 0 Å². The van der Waals surface area contributed by atoms with Crippen LogP contribution in [0.1, 0.15) is 56.7 Å². The topological polar surface area (TPSA) is 173 Å². The Balaban J connectivity index is 1.15. The van der Waals surface area contributed by atoms with Crippen molar-refractivity contribution in [1.82, 2.24) is 20.9 Å². The van der Waals surface area contributed by atoms with Crippen LogP contribution in [0.15, 0.2) is 82.7 Å². The predicted molar refractivity (Wildman–Crippen MR) is 172 cm³/mol. The van der Waals surface area contributed by atoms with E-state index in [1.807, 2.05) is 0 Å². The van der Waals surface area contributed by atoms with Gasteiger partial charge in [-0.15, -0.1) is 11.3 Å². The monoisotopic (exact) mass is 661 g/mol. The molecule has 4 N–H and O–H groups in total. The number of amides is 4. The lowest BCUT2D eigenvalue weighted by Gasteiger charge is -2.19. The molecule has 1 aliphatic rings. The van der Waals surface area contributed by atoms with E-state index in [2.05, 4.69) is 26.3 Å².